The van der Waals surface area contributed by atoms with Crippen LogP contribution in [0, 0.1) is 0 Å². The lowest BCUT2D eigenvalue weighted by molar-refractivity contribution is 0.865. The molecule has 0 saturated heterocycles. The zero-order valence-corrected chi connectivity index (χ0v) is 10.8. The highest BCUT2D eigenvalue weighted by molar-refractivity contribution is 6.33. The molecule has 0 radical (unpaired) electrons. The van der Waals surface area contributed by atoms with Crippen molar-refractivity contribution in [1.82, 2.24) is 0 Å². The Morgan fingerprint density at radius 2 is 1.67 bits per heavy atom. The van der Waals surface area contributed by atoms with Crippen LogP contribution in [0.25, 0.3) is 0 Å². The van der Waals surface area contributed by atoms with E-state index in [4.69, 9.17) is 17.3 Å². The molecule has 2 aromatic carbocycles. The van der Waals surface area contributed by atoms with Gasteiger partial charge >= 0.3 is 0 Å². The van der Waals surface area contributed by atoms with Crippen LogP contribution in [0.2, 0.25) is 5.02 Å². The maximum atomic E-state index is 6.33. The Morgan fingerprint density at radius 1 is 1.00 bits per heavy atom. The Labute approximate surface area is 112 Å². The van der Waals surface area contributed by atoms with E-state index >= 15 is 0 Å². The number of nitrogens with zero attached hydrogens (tertiary/aromatic N) is 1. The number of fused-ring (bicyclic) bond motifs is 1. The summed E-state index contributed by atoms with van der Waals surface area (Å²) in [5.41, 5.74) is 10.7. The number of benzene rings is 2. The van der Waals surface area contributed by atoms with Gasteiger partial charge in [-0.2, -0.15) is 0 Å². The van der Waals surface area contributed by atoms with Gasteiger partial charge in [0.25, 0.3) is 0 Å². The number of hydrogen-bond acceptors (Lipinski definition) is 2. The van der Waals surface area contributed by atoms with E-state index < -0.39 is 0 Å². The zero-order valence-electron chi connectivity index (χ0n) is 10.1. The van der Waals surface area contributed by atoms with Gasteiger partial charge in [0.2, 0.25) is 0 Å². The molecule has 0 atom stereocenters. The third kappa shape index (κ3) is 1.88. The lowest BCUT2D eigenvalue weighted by Crippen LogP contribution is -2.18. The topological polar surface area (TPSA) is 29.3 Å². The second kappa shape index (κ2) is 4.63. The molecular weight excluding hydrogens is 244 g/mol. The normalized spacial score (nSPS) is 13.8. The maximum absolute atomic E-state index is 6.33. The van der Waals surface area contributed by atoms with E-state index in [1.165, 1.54) is 11.1 Å². The summed E-state index contributed by atoms with van der Waals surface area (Å²) >= 11 is 6.33. The van der Waals surface area contributed by atoms with E-state index in [1.807, 2.05) is 18.2 Å². The number of hydrogen-bond donors (Lipinski definition) is 1. The summed E-state index contributed by atoms with van der Waals surface area (Å²) in [4.78, 5) is 2.30. The summed E-state index contributed by atoms with van der Waals surface area (Å²) in [6.45, 7) is 2.34. The first kappa shape index (κ1) is 11.6. The van der Waals surface area contributed by atoms with Crippen molar-refractivity contribution in [2.75, 3.05) is 4.90 Å². The van der Waals surface area contributed by atoms with Crippen LogP contribution in [-0.2, 0) is 19.6 Å². The molecule has 0 saturated carbocycles. The van der Waals surface area contributed by atoms with Gasteiger partial charge in [-0.05, 0) is 22.8 Å². The predicted molar refractivity (Wildman–Crippen MR) is 75.7 cm³/mol. The number of para-hydroxylation sites is 1. The van der Waals surface area contributed by atoms with Crippen LogP contribution in [0.3, 0.4) is 0 Å². The van der Waals surface area contributed by atoms with Gasteiger partial charge in [0.05, 0.1) is 10.7 Å². The lowest BCUT2D eigenvalue weighted by atomic mass is 10.1. The molecular formula is C15H15ClN2. The summed E-state index contributed by atoms with van der Waals surface area (Å²) in [7, 11) is 0. The van der Waals surface area contributed by atoms with Gasteiger partial charge in [-0.15, -0.1) is 0 Å². The van der Waals surface area contributed by atoms with Crippen LogP contribution in [0.15, 0.2) is 42.5 Å². The average molecular weight is 259 g/mol. The highest BCUT2D eigenvalue weighted by atomic mass is 35.5. The van der Waals surface area contributed by atoms with Crippen molar-refractivity contribution in [3.05, 3.63) is 64.2 Å². The first-order valence-corrected chi connectivity index (χ1v) is 6.46. The Hall–Kier alpha value is -1.51. The fourth-order valence-electron chi connectivity index (χ4n) is 2.57. The molecule has 0 unspecified atom stereocenters. The summed E-state index contributed by atoms with van der Waals surface area (Å²) in [6, 6.07) is 14.4. The minimum absolute atomic E-state index is 0.517. The SMILES string of the molecule is NCc1cccc(Cl)c1N1Cc2ccccc2C1. The molecule has 0 bridgehead atoms. The van der Waals surface area contributed by atoms with Crippen molar-refractivity contribution in [2.24, 2.45) is 5.73 Å². The largest absolute Gasteiger partial charge is 0.361 e. The minimum Gasteiger partial charge on any atom is -0.361 e. The zero-order chi connectivity index (χ0) is 12.5. The van der Waals surface area contributed by atoms with Crippen LogP contribution in [-0.4, -0.2) is 0 Å². The highest BCUT2D eigenvalue weighted by Crippen LogP contribution is 2.35. The first-order valence-electron chi connectivity index (χ1n) is 6.09. The Morgan fingerprint density at radius 3 is 2.28 bits per heavy atom. The summed E-state index contributed by atoms with van der Waals surface area (Å²) in [5.74, 6) is 0. The molecule has 92 valence electrons. The molecule has 3 rings (SSSR count). The monoisotopic (exact) mass is 258 g/mol. The molecule has 1 aliphatic heterocycles. The van der Waals surface area contributed by atoms with Gasteiger partial charge in [0.15, 0.2) is 0 Å². The summed E-state index contributed by atoms with van der Waals surface area (Å²) in [6.07, 6.45) is 0. The molecule has 2 aromatic rings. The van der Waals surface area contributed by atoms with Gasteiger partial charge < -0.3 is 10.6 Å². The quantitative estimate of drug-likeness (QED) is 0.895. The molecule has 0 fully saturated rings. The second-order valence-corrected chi connectivity index (χ2v) is 4.98. The van der Waals surface area contributed by atoms with Crippen LogP contribution in [0.4, 0.5) is 5.69 Å². The van der Waals surface area contributed by atoms with Gasteiger partial charge in [-0.25, -0.2) is 0 Å². The summed E-state index contributed by atoms with van der Waals surface area (Å²) in [5, 5.41) is 0.783. The molecule has 0 aromatic heterocycles. The Balaban J connectivity index is 2.00. The third-order valence-corrected chi connectivity index (χ3v) is 3.75. The van der Waals surface area contributed by atoms with E-state index in [-0.39, 0.29) is 0 Å². The Bertz CT molecular complexity index is 555. The molecule has 2 nitrogen and oxygen atoms in total. The van der Waals surface area contributed by atoms with E-state index in [0.29, 0.717) is 6.54 Å². The van der Waals surface area contributed by atoms with E-state index in [1.54, 1.807) is 0 Å². The van der Waals surface area contributed by atoms with Crippen molar-refractivity contribution in [3.8, 4) is 0 Å². The molecule has 1 aliphatic rings. The van der Waals surface area contributed by atoms with Crippen LogP contribution in [0.5, 0.6) is 0 Å². The fraction of sp³-hybridized carbons (Fsp3) is 0.200. The van der Waals surface area contributed by atoms with Crippen molar-refractivity contribution >= 4 is 17.3 Å². The van der Waals surface area contributed by atoms with Crippen molar-refractivity contribution in [2.45, 2.75) is 19.6 Å². The fourth-order valence-corrected chi connectivity index (χ4v) is 2.88. The smallest absolute Gasteiger partial charge is 0.0643 e. The first-order chi connectivity index (χ1) is 8.79. The summed E-state index contributed by atoms with van der Waals surface area (Å²) < 4.78 is 0. The number of halogens is 1. The van der Waals surface area contributed by atoms with Gasteiger partial charge in [0, 0.05) is 19.6 Å². The predicted octanol–water partition coefficient (Wildman–Crippen LogP) is 3.32. The molecule has 2 N–H and O–H groups in total. The molecule has 1 heterocycles. The van der Waals surface area contributed by atoms with E-state index in [0.717, 1.165) is 29.4 Å². The molecule has 0 spiro atoms. The molecule has 3 heteroatoms. The second-order valence-electron chi connectivity index (χ2n) is 4.58. The highest BCUT2D eigenvalue weighted by Gasteiger charge is 2.22. The van der Waals surface area contributed by atoms with Crippen LogP contribution >= 0.6 is 11.6 Å². The lowest BCUT2D eigenvalue weighted by Gasteiger charge is -2.22. The Kier molecular flexibility index (Phi) is 2.98. The van der Waals surface area contributed by atoms with Gasteiger partial charge in [0.1, 0.15) is 0 Å². The van der Waals surface area contributed by atoms with E-state index in [2.05, 4.69) is 29.2 Å². The van der Waals surface area contributed by atoms with Gasteiger partial charge in [-0.3, -0.25) is 0 Å². The number of anilines is 1. The molecule has 18 heavy (non-hydrogen) atoms. The van der Waals surface area contributed by atoms with Crippen molar-refractivity contribution < 1.29 is 0 Å². The van der Waals surface area contributed by atoms with Crippen molar-refractivity contribution in [1.29, 1.82) is 0 Å². The van der Waals surface area contributed by atoms with Crippen LogP contribution in [0.1, 0.15) is 16.7 Å². The maximum Gasteiger partial charge on any atom is 0.0643 e. The van der Waals surface area contributed by atoms with E-state index in [9.17, 15) is 0 Å². The third-order valence-electron chi connectivity index (χ3n) is 3.45. The standard InChI is InChI=1S/C15H15ClN2/c16-14-7-3-6-11(8-17)15(14)18-9-12-4-1-2-5-13(12)10-18/h1-7H,8-10,17H2. The van der Waals surface area contributed by atoms with Crippen LogP contribution < -0.4 is 10.6 Å². The van der Waals surface area contributed by atoms with Crippen molar-refractivity contribution in [3.63, 3.8) is 0 Å². The average Bonchev–Trinajstić information content (AvgIpc) is 2.81. The van der Waals surface area contributed by atoms with Gasteiger partial charge in [-0.1, -0.05) is 48.0 Å². The number of nitrogens with two attached hydrogens (primary N) is 1. The molecule has 0 amide bonds. The number of rotatable bonds is 2. The minimum atomic E-state index is 0.517. The molecule has 0 aliphatic carbocycles.